The Balaban J connectivity index is 2.05. The topological polar surface area (TPSA) is 86.5 Å². The highest BCUT2D eigenvalue weighted by atomic mass is 32.2. The van der Waals surface area contributed by atoms with Crippen molar-refractivity contribution in [2.45, 2.75) is 37.0 Å². The summed E-state index contributed by atoms with van der Waals surface area (Å²) in [6, 6.07) is 7.66. The number of rotatable bonds is 5. The number of hydrogen-bond donors (Lipinski definition) is 1. The molecule has 0 unspecified atom stereocenters. The van der Waals surface area contributed by atoms with Gasteiger partial charge in [-0.1, -0.05) is 31.0 Å². The summed E-state index contributed by atoms with van der Waals surface area (Å²) in [6.07, 6.45) is 3.81. The molecule has 0 aliphatic heterocycles. The summed E-state index contributed by atoms with van der Waals surface area (Å²) >= 11 is 0. The first-order valence-corrected chi connectivity index (χ1v) is 8.11. The number of nitrogens with two attached hydrogens (primary N) is 1. The Morgan fingerprint density at radius 2 is 1.80 bits per heavy atom. The van der Waals surface area contributed by atoms with Crippen LogP contribution in [0, 0.1) is 5.41 Å². The third kappa shape index (κ3) is 3.37. The fourth-order valence-electron chi connectivity index (χ4n) is 2.67. The monoisotopic (exact) mass is 297 g/mol. The van der Waals surface area contributed by atoms with Crippen LogP contribution in [0.15, 0.2) is 35.2 Å². The first kappa shape index (κ1) is 15.0. The van der Waals surface area contributed by atoms with E-state index >= 15 is 0 Å². The zero-order chi connectivity index (χ0) is 14.6. The van der Waals surface area contributed by atoms with Gasteiger partial charge in [0.1, 0.15) is 4.90 Å². The zero-order valence-corrected chi connectivity index (χ0v) is 12.1. The molecule has 1 aliphatic carbocycles. The minimum Gasteiger partial charge on any atom is -0.342 e. The lowest BCUT2D eigenvalue weighted by atomic mass is 9.83. The van der Waals surface area contributed by atoms with Gasteiger partial charge in [0.2, 0.25) is 0 Å². The number of carbonyl (C=O) groups is 1. The zero-order valence-electron chi connectivity index (χ0n) is 11.2. The maximum Gasteiger partial charge on any atom is 0.341 e. The van der Waals surface area contributed by atoms with E-state index in [1.807, 2.05) is 0 Å². The van der Waals surface area contributed by atoms with Crippen molar-refractivity contribution < 1.29 is 17.4 Å². The Morgan fingerprint density at radius 3 is 2.35 bits per heavy atom. The Kier molecular flexibility index (Phi) is 4.45. The summed E-state index contributed by atoms with van der Waals surface area (Å²) in [4.78, 5) is 11.9. The predicted octanol–water partition coefficient (Wildman–Crippen LogP) is 1.83. The van der Waals surface area contributed by atoms with Crippen LogP contribution in [0.25, 0.3) is 0 Å². The largest absolute Gasteiger partial charge is 0.342 e. The van der Waals surface area contributed by atoms with Gasteiger partial charge >= 0.3 is 16.1 Å². The third-order valence-electron chi connectivity index (χ3n) is 3.85. The summed E-state index contributed by atoms with van der Waals surface area (Å²) < 4.78 is 28.6. The Bertz CT molecular complexity index is 562. The molecular weight excluding hydrogens is 278 g/mol. The second kappa shape index (κ2) is 5.93. The lowest BCUT2D eigenvalue weighted by Gasteiger charge is -2.25. The van der Waals surface area contributed by atoms with Gasteiger partial charge < -0.3 is 9.92 Å². The second-order valence-corrected chi connectivity index (χ2v) is 6.86. The highest BCUT2D eigenvalue weighted by Gasteiger charge is 2.36. The van der Waals surface area contributed by atoms with Gasteiger partial charge in [-0.25, -0.2) is 0 Å². The number of carbonyl (C=O) groups excluding carboxylic acids is 1. The van der Waals surface area contributed by atoms with E-state index in [0.717, 1.165) is 25.7 Å². The van der Waals surface area contributed by atoms with Crippen LogP contribution in [0.5, 0.6) is 0 Å². The first-order chi connectivity index (χ1) is 9.47. The van der Waals surface area contributed by atoms with Gasteiger partial charge in [0.25, 0.3) is 0 Å². The number of hydrogen-bond acceptors (Lipinski definition) is 5. The van der Waals surface area contributed by atoms with Crippen molar-refractivity contribution >= 4 is 16.1 Å². The maximum atomic E-state index is 11.9. The van der Waals surface area contributed by atoms with E-state index in [4.69, 9.17) is 9.92 Å². The van der Waals surface area contributed by atoms with Gasteiger partial charge in [0.05, 0.1) is 6.42 Å². The van der Waals surface area contributed by atoms with Crippen LogP contribution in [-0.4, -0.2) is 20.9 Å². The third-order valence-corrected chi connectivity index (χ3v) is 5.11. The average Bonchev–Trinajstić information content (AvgIpc) is 2.88. The summed E-state index contributed by atoms with van der Waals surface area (Å²) in [6.45, 7) is 0.382. The average molecular weight is 297 g/mol. The molecule has 2 rings (SSSR count). The highest BCUT2D eigenvalue weighted by Crippen LogP contribution is 2.40. The standard InChI is InChI=1S/C14H19NO4S/c15-11-14(8-4-5-9-14)10-13(16)19-20(17,18)12-6-2-1-3-7-12/h1-3,6-7H,4-5,8-11,15H2. The van der Waals surface area contributed by atoms with E-state index in [-0.39, 0.29) is 16.7 Å². The molecule has 5 nitrogen and oxygen atoms in total. The van der Waals surface area contributed by atoms with Gasteiger partial charge in [-0.15, -0.1) is 0 Å². The van der Waals surface area contributed by atoms with Crippen molar-refractivity contribution in [1.29, 1.82) is 0 Å². The Labute approximate surface area is 119 Å². The molecule has 0 aromatic heterocycles. The maximum absolute atomic E-state index is 11.9. The van der Waals surface area contributed by atoms with E-state index in [9.17, 15) is 13.2 Å². The molecule has 1 aliphatic rings. The molecule has 0 heterocycles. The SMILES string of the molecule is NCC1(CC(=O)OS(=O)(=O)c2ccccc2)CCCC1. The minimum absolute atomic E-state index is 0.0124. The quantitative estimate of drug-likeness (QED) is 0.838. The normalized spacial score (nSPS) is 17.9. The van der Waals surface area contributed by atoms with Gasteiger partial charge in [0.15, 0.2) is 0 Å². The summed E-state index contributed by atoms with van der Waals surface area (Å²) in [5.41, 5.74) is 5.45. The molecule has 0 saturated heterocycles. The molecule has 6 heteroatoms. The van der Waals surface area contributed by atoms with Gasteiger partial charge in [-0.3, -0.25) is 4.79 Å². The van der Waals surface area contributed by atoms with Crippen LogP contribution in [-0.2, 0) is 19.1 Å². The molecule has 1 aromatic rings. The van der Waals surface area contributed by atoms with Crippen LogP contribution in [0.4, 0.5) is 0 Å². The lowest BCUT2D eigenvalue weighted by Crippen LogP contribution is -2.31. The van der Waals surface area contributed by atoms with Crippen LogP contribution >= 0.6 is 0 Å². The molecule has 110 valence electrons. The van der Waals surface area contributed by atoms with E-state index in [0.29, 0.717) is 6.54 Å². The molecule has 1 fully saturated rings. The molecule has 0 atom stereocenters. The Hall–Kier alpha value is -1.40. The smallest absolute Gasteiger partial charge is 0.341 e. The molecule has 0 radical (unpaired) electrons. The first-order valence-electron chi connectivity index (χ1n) is 6.70. The highest BCUT2D eigenvalue weighted by molar-refractivity contribution is 7.87. The van der Waals surface area contributed by atoms with Crippen LogP contribution in [0.3, 0.4) is 0 Å². The molecule has 2 N–H and O–H groups in total. The van der Waals surface area contributed by atoms with E-state index in [2.05, 4.69) is 0 Å². The van der Waals surface area contributed by atoms with Crippen LogP contribution in [0.2, 0.25) is 0 Å². The van der Waals surface area contributed by atoms with Crippen molar-refractivity contribution in [3.05, 3.63) is 30.3 Å². The molecule has 0 spiro atoms. The van der Waals surface area contributed by atoms with Gasteiger partial charge in [0, 0.05) is 0 Å². The summed E-state index contributed by atoms with van der Waals surface area (Å²) in [5, 5.41) is 0. The van der Waals surface area contributed by atoms with Crippen molar-refractivity contribution in [2.24, 2.45) is 11.1 Å². The Morgan fingerprint density at radius 1 is 1.20 bits per heavy atom. The molecule has 20 heavy (non-hydrogen) atoms. The van der Waals surface area contributed by atoms with E-state index < -0.39 is 16.1 Å². The number of benzene rings is 1. The molecular formula is C14H19NO4S. The van der Waals surface area contributed by atoms with Crippen molar-refractivity contribution in [1.82, 2.24) is 0 Å². The van der Waals surface area contributed by atoms with Crippen molar-refractivity contribution in [3.63, 3.8) is 0 Å². The van der Waals surface area contributed by atoms with E-state index in [1.165, 1.54) is 12.1 Å². The fraction of sp³-hybridized carbons (Fsp3) is 0.500. The molecule has 1 saturated carbocycles. The fourth-order valence-corrected chi connectivity index (χ4v) is 3.56. The van der Waals surface area contributed by atoms with Crippen molar-refractivity contribution in [3.8, 4) is 0 Å². The minimum atomic E-state index is -4.03. The van der Waals surface area contributed by atoms with E-state index in [1.54, 1.807) is 18.2 Å². The summed E-state index contributed by atoms with van der Waals surface area (Å²) in [7, 11) is -4.03. The van der Waals surface area contributed by atoms with Crippen molar-refractivity contribution in [2.75, 3.05) is 6.54 Å². The molecule has 0 amide bonds. The lowest BCUT2D eigenvalue weighted by molar-refractivity contribution is -0.136. The van der Waals surface area contributed by atoms with Crippen LogP contribution < -0.4 is 5.73 Å². The second-order valence-electron chi connectivity index (χ2n) is 5.31. The predicted molar refractivity (Wildman–Crippen MR) is 74.3 cm³/mol. The summed E-state index contributed by atoms with van der Waals surface area (Å²) in [5.74, 6) is -0.721. The van der Waals surface area contributed by atoms with Gasteiger partial charge in [-0.2, -0.15) is 8.42 Å². The molecule has 1 aromatic carbocycles. The van der Waals surface area contributed by atoms with Crippen LogP contribution in [0.1, 0.15) is 32.1 Å². The molecule has 0 bridgehead atoms. The van der Waals surface area contributed by atoms with Gasteiger partial charge in [-0.05, 0) is 36.9 Å².